The third-order valence-corrected chi connectivity index (χ3v) is 2.40. The number of anilines is 1. The molecule has 3 N–H and O–H groups in total. The normalized spacial score (nSPS) is 13.2. The number of carboxylic acids is 1. The van der Waals surface area contributed by atoms with Crippen LogP contribution in [0.25, 0.3) is 0 Å². The van der Waals surface area contributed by atoms with Crippen LogP contribution in [0.15, 0.2) is 6.07 Å². The van der Waals surface area contributed by atoms with Crippen molar-refractivity contribution in [1.29, 1.82) is 0 Å². The zero-order valence-corrected chi connectivity index (χ0v) is 10.4. The van der Waals surface area contributed by atoms with E-state index in [0.717, 1.165) is 5.69 Å². The average Bonchev–Trinajstić information content (AvgIpc) is 2.64. The first-order valence-electron chi connectivity index (χ1n) is 5.31. The SMILES string of the molecule is CC(C(=O)O)C(=O)Nc1cc(C(C)(C)C)[nH]n1. The minimum atomic E-state index is -1.16. The Hall–Kier alpha value is -1.85. The molecular formula is C11H17N3O3. The van der Waals surface area contributed by atoms with Crippen LogP contribution in [0.3, 0.4) is 0 Å². The van der Waals surface area contributed by atoms with Crippen LogP contribution in [0.5, 0.6) is 0 Å². The first-order valence-corrected chi connectivity index (χ1v) is 5.31. The van der Waals surface area contributed by atoms with Crippen LogP contribution >= 0.6 is 0 Å². The molecule has 1 aromatic rings. The van der Waals surface area contributed by atoms with Crippen molar-refractivity contribution in [3.8, 4) is 0 Å². The highest BCUT2D eigenvalue weighted by Crippen LogP contribution is 2.22. The number of aromatic nitrogens is 2. The molecule has 0 saturated carbocycles. The molecular weight excluding hydrogens is 222 g/mol. The van der Waals surface area contributed by atoms with Crippen LogP contribution in [0, 0.1) is 5.92 Å². The van der Waals surface area contributed by atoms with E-state index in [2.05, 4.69) is 15.5 Å². The van der Waals surface area contributed by atoms with Crippen LogP contribution in [-0.2, 0) is 15.0 Å². The summed E-state index contributed by atoms with van der Waals surface area (Å²) in [5.41, 5.74) is 0.768. The fourth-order valence-electron chi connectivity index (χ4n) is 1.12. The van der Waals surface area contributed by atoms with Crippen molar-refractivity contribution in [2.75, 3.05) is 5.32 Å². The molecule has 6 nitrogen and oxygen atoms in total. The Kier molecular flexibility index (Phi) is 3.55. The fourth-order valence-corrected chi connectivity index (χ4v) is 1.12. The van der Waals surface area contributed by atoms with Crippen molar-refractivity contribution in [3.05, 3.63) is 11.8 Å². The van der Waals surface area contributed by atoms with Gasteiger partial charge in [0.05, 0.1) is 0 Å². The zero-order chi connectivity index (χ0) is 13.2. The molecule has 1 aromatic heterocycles. The van der Waals surface area contributed by atoms with E-state index in [-0.39, 0.29) is 5.41 Å². The first kappa shape index (κ1) is 13.2. The maximum absolute atomic E-state index is 11.5. The highest BCUT2D eigenvalue weighted by Gasteiger charge is 2.22. The Morgan fingerprint density at radius 2 is 2.06 bits per heavy atom. The Bertz CT molecular complexity index is 431. The maximum atomic E-state index is 11.5. The van der Waals surface area contributed by atoms with Gasteiger partial charge in [0.25, 0.3) is 0 Å². The number of rotatable bonds is 3. The lowest BCUT2D eigenvalue weighted by atomic mass is 9.92. The second kappa shape index (κ2) is 4.57. The number of aromatic amines is 1. The highest BCUT2D eigenvalue weighted by molar-refractivity contribution is 6.03. The number of aliphatic carboxylic acids is 1. The number of H-pyrrole nitrogens is 1. The molecule has 1 heterocycles. The number of hydrogen-bond donors (Lipinski definition) is 3. The fraction of sp³-hybridized carbons (Fsp3) is 0.545. The van der Waals surface area contributed by atoms with Crippen LogP contribution < -0.4 is 5.32 Å². The van der Waals surface area contributed by atoms with E-state index >= 15 is 0 Å². The van der Waals surface area contributed by atoms with Gasteiger partial charge in [-0.3, -0.25) is 14.7 Å². The first-order chi connectivity index (χ1) is 7.71. The van der Waals surface area contributed by atoms with Crippen molar-refractivity contribution < 1.29 is 14.7 Å². The second-order valence-electron chi connectivity index (χ2n) is 4.97. The van der Waals surface area contributed by atoms with Gasteiger partial charge in [0, 0.05) is 17.2 Å². The predicted molar refractivity (Wildman–Crippen MR) is 62.7 cm³/mol. The van der Waals surface area contributed by atoms with Gasteiger partial charge >= 0.3 is 5.97 Å². The third kappa shape index (κ3) is 3.30. The highest BCUT2D eigenvalue weighted by atomic mass is 16.4. The molecule has 1 atom stereocenters. The largest absolute Gasteiger partial charge is 0.481 e. The van der Waals surface area contributed by atoms with Crippen LogP contribution in [0.4, 0.5) is 5.82 Å². The van der Waals surface area contributed by atoms with E-state index in [9.17, 15) is 9.59 Å². The van der Waals surface area contributed by atoms with E-state index in [0.29, 0.717) is 5.82 Å². The molecule has 1 rings (SSSR count). The summed E-state index contributed by atoms with van der Waals surface area (Å²) in [7, 11) is 0. The van der Waals surface area contributed by atoms with Crippen molar-refractivity contribution >= 4 is 17.7 Å². The Morgan fingerprint density at radius 3 is 2.47 bits per heavy atom. The van der Waals surface area contributed by atoms with Gasteiger partial charge < -0.3 is 10.4 Å². The Morgan fingerprint density at radius 1 is 1.47 bits per heavy atom. The molecule has 0 radical (unpaired) electrons. The van der Waals surface area contributed by atoms with Gasteiger partial charge in [0.1, 0.15) is 5.92 Å². The van der Waals surface area contributed by atoms with Gasteiger partial charge in [0.15, 0.2) is 5.82 Å². The molecule has 6 heteroatoms. The molecule has 0 aromatic carbocycles. The second-order valence-corrected chi connectivity index (χ2v) is 4.97. The summed E-state index contributed by atoms with van der Waals surface area (Å²) in [5.74, 6) is -2.49. The number of carboxylic acid groups (broad SMARTS) is 1. The lowest BCUT2D eigenvalue weighted by Gasteiger charge is -2.14. The van der Waals surface area contributed by atoms with E-state index in [4.69, 9.17) is 5.11 Å². The molecule has 0 aliphatic heterocycles. The van der Waals surface area contributed by atoms with Crippen molar-refractivity contribution in [3.63, 3.8) is 0 Å². The Balaban J connectivity index is 2.74. The topological polar surface area (TPSA) is 95.1 Å². The van der Waals surface area contributed by atoms with Gasteiger partial charge in [-0.25, -0.2) is 0 Å². The molecule has 17 heavy (non-hydrogen) atoms. The molecule has 94 valence electrons. The van der Waals surface area contributed by atoms with Crippen molar-refractivity contribution in [2.24, 2.45) is 5.92 Å². The number of carbonyl (C=O) groups excluding carboxylic acids is 1. The van der Waals surface area contributed by atoms with Gasteiger partial charge in [-0.15, -0.1) is 0 Å². The quantitative estimate of drug-likeness (QED) is 0.694. The van der Waals surface area contributed by atoms with Gasteiger partial charge in [-0.2, -0.15) is 5.10 Å². The summed E-state index contributed by atoms with van der Waals surface area (Å²) in [4.78, 5) is 22.1. The van der Waals surface area contributed by atoms with Crippen molar-refractivity contribution in [2.45, 2.75) is 33.1 Å². The molecule has 1 amide bonds. The number of nitrogens with zero attached hydrogens (tertiary/aromatic N) is 1. The van der Waals surface area contributed by atoms with Crippen LogP contribution in [-0.4, -0.2) is 27.2 Å². The number of carbonyl (C=O) groups is 2. The maximum Gasteiger partial charge on any atom is 0.315 e. The molecule has 0 bridgehead atoms. The zero-order valence-electron chi connectivity index (χ0n) is 10.4. The minimum absolute atomic E-state index is 0.103. The van der Waals surface area contributed by atoms with Gasteiger partial charge in [-0.05, 0) is 6.92 Å². The molecule has 0 spiro atoms. The van der Waals surface area contributed by atoms with Crippen LogP contribution in [0.1, 0.15) is 33.4 Å². The van der Waals surface area contributed by atoms with Crippen molar-refractivity contribution in [1.82, 2.24) is 10.2 Å². The summed E-state index contributed by atoms with van der Waals surface area (Å²) < 4.78 is 0. The van der Waals surface area contributed by atoms with Gasteiger partial charge in [-0.1, -0.05) is 20.8 Å². The molecule has 0 aliphatic rings. The molecule has 1 unspecified atom stereocenters. The van der Waals surface area contributed by atoms with Gasteiger partial charge in [0.2, 0.25) is 5.91 Å². The van der Waals surface area contributed by atoms with E-state index in [1.165, 1.54) is 6.92 Å². The smallest absolute Gasteiger partial charge is 0.315 e. The van der Waals surface area contributed by atoms with E-state index < -0.39 is 17.8 Å². The summed E-state index contributed by atoms with van der Waals surface area (Å²) in [6, 6.07) is 1.70. The monoisotopic (exact) mass is 239 g/mol. The Labute approximate surface area is 99.4 Å². The summed E-state index contributed by atoms with van der Waals surface area (Å²) >= 11 is 0. The molecule has 0 aliphatic carbocycles. The van der Waals surface area contributed by atoms with E-state index in [1.807, 2.05) is 20.8 Å². The molecule has 0 saturated heterocycles. The standard InChI is InChI=1S/C11H17N3O3/c1-6(10(16)17)9(15)12-8-5-7(13-14-8)11(2,3)4/h5-6H,1-4H3,(H,16,17)(H2,12,13,14,15). The summed E-state index contributed by atoms with van der Waals surface area (Å²) in [5, 5.41) is 17.9. The number of amides is 1. The average molecular weight is 239 g/mol. The third-order valence-electron chi connectivity index (χ3n) is 2.40. The summed E-state index contributed by atoms with van der Waals surface area (Å²) in [6.07, 6.45) is 0. The number of hydrogen-bond acceptors (Lipinski definition) is 3. The number of nitrogens with one attached hydrogen (secondary N) is 2. The lowest BCUT2D eigenvalue weighted by Crippen LogP contribution is -2.27. The molecule has 0 fully saturated rings. The predicted octanol–water partition coefficient (Wildman–Crippen LogP) is 1.37. The minimum Gasteiger partial charge on any atom is -0.481 e. The van der Waals surface area contributed by atoms with E-state index in [1.54, 1.807) is 6.07 Å². The lowest BCUT2D eigenvalue weighted by molar-refractivity contribution is -0.144. The summed E-state index contributed by atoms with van der Waals surface area (Å²) in [6.45, 7) is 7.35. The van der Waals surface area contributed by atoms with Crippen LogP contribution in [0.2, 0.25) is 0 Å².